The van der Waals surface area contributed by atoms with Gasteiger partial charge in [-0.2, -0.15) is 5.10 Å². The zero-order valence-electron chi connectivity index (χ0n) is 13.1. The molecule has 0 saturated heterocycles. The fourth-order valence-electron chi connectivity index (χ4n) is 2.20. The first-order valence-corrected chi connectivity index (χ1v) is 8.26. The van der Waals surface area contributed by atoms with Gasteiger partial charge in [0.05, 0.1) is 23.2 Å². The normalized spacial score (nSPS) is 10.5. The molecule has 5 nitrogen and oxygen atoms in total. The summed E-state index contributed by atoms with van der Waals surface area (Å²) in [6.45, 7) is 2.23. The number of esters is 1. The predicted molar refractivity (Wildman–Crippen MR) is 91.4 cm³/mol. The van der Waals surface area contributed by atoms with E-state index in [9.17, 15) is 9.59 Å². The average Bonchev–Trinajstić information content (AvgIpc) is 3.22. The Bertz CT molecular complexity index is 852. The van der Waals surface area contributed by atoms with Crippen molar-refractivity contribution in [2.75, 3.05) is 6.61 Å². The van der Waals surface area contributed by atoms with E-state index in [4.69, 9.17) is 4.74 Å². The lowest BCUT2D eigenvalue weighted by molar-refractivity contribution is 0.0475. The maximum absolute atomic E-state index is 12.0. The summed E-state index contributed by atoms with van der Waals surface area (Å²) in [7, 11) is 0. The molecule has 0 aliphatic rings. The van der Waals surface area contributed by atoms with E-state index in [2.05, 4.69) is 5.10 Å². The fraction of sp³-hybridized carbons (Fsp3) is 0.167. The number of carbonyl (C=O) groups is 2. The minimum Gasteiger partial charge on any atom is -0.454 e. The highest BCUT2D eigenvalue weighted by atomic mass is 32.1. The summed E-state index contributed by atoms with van der Waals surface area (Å²) < 4.78 is 6.75. The van der Waals surface area contributed by atoms with Crippen molar-refractivity contribution in [1.29, 1.82) is 0 Å². The van der Waals surface area contributed by atoms with Gasteiger partial charge in [-0.1, -0.05) is 30.3 Å². The van der Waals surface area contributed by atoms with Crippen molar-refractivity contribution in [2.24, 2.45) is 0 Å². The van der Waals surface area contributed by atoms with E-state index >= 15 is 0 Å². The molecule has 0 atom stereocenters. The second-order valence-electron chi connectivity index (χ2n) is 5.32. The van der Waals surface area contributed by atoms with Gasteiger partial charge in [0.15, 0.2) is 6.61 Å². The molecule has 0 aliphatic carbocycles. The van der Waals surface area contributed by atoms with Gasteiger partial charge in [0.25, 0.3) is 0 Å². The zero-order chi connectivity index (χ0) is 16.9. The smallest absolute Gasteiger partial charge is 0.341 e. The highest BCUT2D eigenvalue weighted by molar-refractivity contribution is 7.14. The van der Waals surface area contributed by atoms with Crippen LogP contribution >= 0.6 is 11.3 Å². The summed E-state index contributed by atoms with van der Waals surface area (Å²) in [5.41, 5.74) is 1.42. The molecule has 2 aromatic heterocycles. The Kier molecular flexibility index (Phi) is 4.86. The summed E-state index contributed by atoms with van der Waals surface area (Å²) in [4.78, 5) is 25.6. The quantitative estimate of drug-likeness (QED) is 0.510. The van der Waals surface area contributed by atoms with E-state index < -0.39 is 5.97 Å². The van der Waals surface area contributed by atoms with Crippen molar-refractivity contribution in [3.05, 3.63) is 75.7 Å². The third kappa shape index (κ3) is 3.97. The number of hydrogen-bond acceptors (Lipinski definition) is 5. The summed E-state index contributed by atoms with van der Waals surface area (Å²) in [5.74, 6) is -0.742. The number of benzene rings is 1. The third-order valence-corrected chi connectivity index (χ3v) is 4.45. The molecule has 1 aromatic carbocycles. The van der Waals surface area contributed by atoms with Gasteiger partial charge in [-0.15, -0.1) is 11.3 Å². The van der Waals surface area contributed by atoms with E-state index in [0.717, 1.165) is 10.4 Å². The van der Waals surface area contributed by atoms with Gasteiger partial charge in [-0.05, 0) is 24.6 Å². The van der Waals surface area contributed by atoms with Crippen LogP contribution in [0.4, 0.5) is 0 Å². The summed E-state index contributed by atoms with van der Waals surface area (Å²) in [6, 6.07) is 13.4. The van der Waals surface area contributed by atoms with Crippen molar-refractivity contribution >= 4 is 23.1 Å². The zero-order valence-corrected chi connectivity index (χ0v) is 14.0. The lowest BCUT2D eigenvalue weighted by Crippen LogP contribution is -2.13. The monoisotopic (exact) mass is 340 g/mol. The first kappa shape index (κ1) is 16.1. The van der Waals surface area contributed by atoms with Gasteiger partial charge in [-0.3, -0.25) is 9.48 Å². The Hall–Kier alpha value is -2.73. The third-order valence-electron chi connectivity index (χ3n) is 3.41. The fourth-order valence-corrected chi connectivity index (χ4v) is 2.99. The molecular formula is C18H16N2O3S. The van der Waals surface area contributed by atoms with Crippen LogP contribution < -0.4 is 0 Å². The first-order chi connectivity index (χ1) is 11.6. The lowest BCUT2D eigenvalue weighted by atomic mass is 10.2. The second kappa shape index (κ2) is 7.23. The van der Waals surface area contributed by atoms with Gasteiger partial charge in [0.1, 0.15) is 0 Å². The van der Waals surface area contributed by atoms with Gasteiger partial charge >= 0.3 is 5.97 Å². The molecule has 0 aliphatic heterocycles. The lowest BCUT2D eigenvalue weighted by Gasteiger charge is -2.02. The highest BCUT2D eigenvalue weighted by Crippen LogP contribution is 2.16. The summed E-state index contributed by atoms with van der Waals surface area (Å²) in [6.07, 6.45) is 3.07. The average molecular weight is 340 g/mol. The topological polar surface area (TPSA) is 61.2 Å². The Morgan fingerprint density at radius 3 is 2.67 bits per heavy atom. The Morgan fingerprint density at radius 2 is 1.96 bits per heavy atom. The number of nitrogens with zero attached hydrogens (tertiary/aromatic N) is 2. The van der Waals surface area contributed by atoms with Gasteiger partial charge in [-0.25, -0.2) is 4.79 Å². The van der Waals surface area contributed by atoms with Gasteiger partial charge < -0.3 is 4.74 Å². The number of thiophene rings is 1. The Balaban J connectivity index is 1.57. The van der Waals surface area contributed by atoms with Crippen LogP contribution in [0.25, 0.3) is 0 Å². The van der Waals surface area contributed by atoms with Crippen LogP contribution in [0.5, 0.6) is 0 Å². The molecular weight excluding hydrogens is 324 g/mol. The molecule has 3 aromatic rings. The number of ether oxygens (including phenoxy) is 1. The maximum Gasteiger partial charge on any atom is 0.341 e. The van der Waals surface area contributed by atoms with Crippen molar-refractivity contribution in [2.45, 2.75) is 13.5 Å². The molecule has 0 amide bonds. The molecule has 0 spiro atoms. The Labute approximate surface area is 143 Å². The van der Waals surface area contributed by atoms with E-state index in [-0.39, 0.29) is 12.4 Å². The van der Waals surface area contributed by atoms with Crippen LogP contribution in [-0.4, -0.2) is 28.1 Å². The largest absolute Gasteiger partial charge is 0.454 e. The maximum atomic E-state index is 12.0. The molecule has 0 radical (unpaired) electrons. The van der Waals surface area contributed by atoms with E-state index in [0.29, 0.717) is 17.0 Å². The van der Waals surface area contributed by atoms with E-state index in [1.807, 2.05) is 43.3 Å². The highest BCUT2D eigenvalue weighted by Gasteiger charge is 2.14. The molecule has 0 unspecified atom stereocenters. The molecule has 0 bridgehead atoms. The number of aromatic nitrogens is 2. The number of hydrogen-bond donors (Lipinski definition) is 0. The van der Waals surface area contributed by atoms with Crippen LogP contribution in [0, 0.1) is 6.92 Å². The van der Waals surface area contributed by atoms with Crippen molar-refractivity contribution in [1.82, 2.24) is 9.78 Å². The molecule has 2 heterocycles. The molecule has 0 N–H and O–H groups in total. The molecule has 0 saturated carbocycles. The van der Waals surface area contributed by atoms with Gasteiger partial charge in [0, 0.05) is 11.1 Å². The second-order valence-corrected chi connectivity index (χ2v) is 6.61. The van der Waals surface area contributed by atoms with Gasteiger partial charge in [0.2, 0.25) is 5.78 Å². The van der Waals surface area contributed by atoms with Crippen LogP contribution in [0.3, 0.4) is 0 Å². The van der Waals surface area contributed by atoms with Crippen molar-refractivity contribution in [3.8, 4) is 0 Å². The van der Waals surface area contributed by atoms with Crippen LogP contribution in [-0.2, 0) is 11.3 Å². The molecule has 24 heavy (non-hydrogen) atoms. The van der Waals surface area contributed by atoms with Crippen LogP contribution in [0.2, 0.25) is 0 Å². The molecule has 0 fully saturated rings. The molecule has 3 rings (SSSR count). The summed E-state index contributed by atoms with van der Waals surface area (Å²) >= 11 is 1.39. The minimum absolute atomic E-state index is 0.196. The standard InChI is InChI=1S/C18H16N2O3S/c1-13-7-8-17(24-13)16(21)12-23-18(22)15-9-19-20(11-15)10-14-5-3-2-4-6-14/h2-9,11H,10,12H2,1H3. The molecule has 6 heteroatoms. The predicted octanol–water partition coefficient (Wildman–Crippen LogP) is 3.34. The number of Topliss-reactive ketones (excluding diaryl/α,β-unsaturated/α-hetero) is 1. The number of rotatable bonds is 6. The number of aryl methyl sites for hydroxylation is 1. The SMILES string of the molecule is Cc1ccc(C(=O)COC(=O)c2cnn(Cc3ccccc3)c2)s1. The molecule has 122 valence electrons. The van der Waals surface area contributed by atoms with Crippen LogP contribution in [0.15, 0.2) is 54.9 Å². The minimum atomic E-state index is -0.545. The van der Waals surface area contributed by atoms with Crippen LogP contribution in [0.1, 0.15) is 30.5 Å². The van der Waals surface area contributed by atoms with Crippen molar-refractivity contribution in [3.63, 3.8) is 0 Å². The van der Waals surface area contributed by atoms with E-state index in [1.54, 1.807) is 16.9 Å². The summed E-state index contributed by atoms with van der Waals surface area (Å²) in [5, 5.41) is 4.15. The number of carbonyl (C=O) groups excluding carboxylic acids is 2. The van der Waals surface area contributed by atoms with E-state index in [1.165, 1.54) is 17.5 Å². The number of ketones is 1. The Morgan fingerprint density at radius 1 is 1.17 bits per heavy atom. The van der Waals surface area contributed by atoms with Crippen molar-refractivity contribution < 1.29 is 14.3 Å². The first-order valence-electron chi connectivity index (χ1n) is 7.45.